The highest BCUT2D eigenvalue weighted by Crippen LogP contribution is 2.31. The first-order chi connectivity index (χ1) is 13.4. The molecule has 4 rings (SSSR count). The summed E-state index contributed by atoms with van der Waals surface area (Å²) in [6.07, 6.45) is 1.93. The van der Waals surface area contributed by atoms with Crippen LogP contribution in [0.15, 0.2) is 23.0 Å². The van der Waals surface area contributed by atoms with Crippen LogP contribution in [-0.4, -0.2) is 34.9 Å². The monoisotopic (exact) mass is 401 g/mol. The SMILES string of the molecule is Cc1c(Cl)cccc1NC(=O)C1CC(=O)Nc2nc(N3CCCC3)[nH]c(=O)c21. The van der Waals surface area contributed by atoms with E-state index in [9.17, 15) is 14.4 Å². The Bertz CT molecular complexity index is 1010. The van der Waals surface area contributed by atoms with E-state index in [1.165, 1.54) is 0 Å². The highest BCUT2D eigenvalue weighted by atomic mass is 35.5. The molecule has 2 aromatic rings. The normalized spacial score (nSPS) is 18.6. The average molecular weight is 402 g/mol. The third-order valence-corrected chi connectivity index (χ3v) is 5.60. The van der Waals surface area contributed by atoms with Crippen LogP contribution in [0.2, 0.25) is 5.02 Å². The number of amides is 2. The summed E-state index contributed by atoms with van der Waals surface area (Å²) in [5.41, 5.74) is 1.03. The van der Waals surface area contributed by atoms with Crippen molar-refractivity contribution in [3.05, 3.63) is 44.7 Å². The van der Waals surface area contributed by atoms with Crippen molar-refractivity contribution in [1.82, 2.24) is 9.97 Å². The van der Waals surface area contributed by atoms with Crippen LogP contribution in [-0.2, 0) is 9.59 Å². The fourth-order valence-electron chi connectivity index (χ4n) is 3.62. The predicted octanol–water partition coefficient (Wildman–Crippen LogP) is 2.40. The van der Waals surface area contributed by atoms with Crippen LogP contribution in [0, 0.1) is 6.92 Å². The Morgan fingerprint density at radius 3 is 2.79 bits per heavy atom. The molecule has 0 saturated carbocycles. The molecule has 0 spiro atoms. The Balaban J connectivity index is 1.68. The fourth-order valence-corrected chi connectivity index (χ4v) is 3.80. The molecule has 0 radical (unpaired) electrons. The molecular formula is C19H20ClN5O3. The van der Waals surface area contributed by atoms with Crippen molar-refractivity contribution in [3.8, 4) is 0 Å². The van der Waals surface area contributed by atoms with E-state index in [0.717, 1.165) is 31.5 Å². The van der Waals surface area contributed by atoms with Crippen molar-refractivity contribution in [1.29, 1.82) is 0 Å². The Labute approximate surface area is 166 Å². The molecule has 1 atom stereocenters. The second-order valence-electron chi connectivity index (χ2n) is 7.05. The summed E-state index contributed by atoms with van der Waals surface area (Å²) >= 11 is 6.11. The van der Waals surface area contributed by atoms with E-state index in [0.29, 0.717) is 16.7 Å². The van der Waals surface area contributed by atoms with E-state index in [1.807, 2.05) is 4.90 Å². The highest BCUT2D eigenvalue weighted by Gasteiger charge is 2.35. The predicted molar refractivity (Wildman–Crippen MR) is 107 cm³/mol. The molecule has 1 aromatic carbocycles. The van der Waals surface area contributed by atoms with Crippen molar-refractivity contribution < 1.29 is 9.59 Å². The Morgan fingerprint density at radius 1 is 1.29 bits per heavy atom. The third-order valence-electron chi connectivity index (χ3n) is 5.19. The van der Waals surface area contributed by atoms with E-state index in [2.05, 4.69) is 20.6 Å². The van der Waals surface area contributed by atoms with E-state index in [-0.39, 0.29) is 23.7 Å². The Kier molecular flexibility index (Phi) is 4.80. The maximum Gasteiger partial charge on any atom is 0.258 e. The van der Waals surface area contributed by atoms with E-state index >= 15 is 0 Å². The van der Waals surface area contributed by atoms with Gasteiger partial charge in [0, 0.05) is 30.2 Å². The van der Waals surface area contributed by atoms with Gasteiger partial charge in [-0.25, -0.2) is 0 Å². The molecule has 146 valence electrons. The van der Waals surface area contributed by atoms with Crippen molar-refractivity contribution in [2.45, 2.75) is 32.1 Å². The summed E-state index contributed by atoms with van der Waals surface area (Å²) < 4.78 is 0. The maximum atomic E-state index is 12.9. The summed E-state index contributed by atoms with van der Waals surface area (Å²) in [5, 5.41) is 5.94. The number of hydrogen-bond donors (Lipinski definition) is 3. The number of aromatic nitrogens is 2. The number of carbonyl (C=O) groups excluding carboxylic acids is 2. The Morgan fingerprint density at radius 2 is 2.04 bits per heavy atom. The van der Waals surface area contributed by atoms with Crippen LogP contribution in [0.25, 0.3) is 0 Å². The molecule has 0 aliphatic carbocycles. The van der Waals surface area contributed by atoms with E-state index < -0.39 is 17.4 Å². The number of halogens is 1. The van der Waals surface area contributed by atoms with Gasteiger partial charge in [-0.15, -0.1) is 0 Å². The lowest BCUT2D eigenvalue weighted by Gasteiger charge is -2.25. The second kappa shape index (κ2) is 7.27. The number of rotatable bonds is 3. The van der Waals surface area contributed by atoms with Gasteiger partial charge >= 0.3 is 0 Å². The molecule has 2 aliphatic heterocycles. The maximum absolute atomic E-state index is 12.9. The van der Waals surface area contributed by atoms with Crippen molar-refractivity contribution in [2.24, 2.45) is 0 Å². The van der Waals surface area contributed by atoms with Gasteiger partial charge in [0.15, 0.2) is 0 Å². The minimum atomic E-state index is -0.925. The summed E-state index contributed by atoms with van der Waals surface area (Å²) in [4.78, 5) is 47.0. The minimum Gasteiger partial charge on any atom is -0.342 e. The first-order valence-electron chi connectivity index (χ1n) is 9.19. The average Bonchev–Trinajstić information content (AvgIpc) is 3.19. The van der Waals surface area contributed by atoms with Crippen LogP contribution in [0.4, 0.5) is 17.5 Å². The number of fused-ring (bicyclic) bond motifs is 1. The molecule has 1 unspecified atom stereocenters. The smallest absolute Gasteiger partial charge is 0.258 e. The fraction of sp³-hybridized carbons (Fsp3) is 0.368. The molecule has 2 aliphatic rings. The van der Waals surface area contributed by atoms with Crippen LogP contribution in [0.1, 0.15) is 36.3 Å². The zero-order chi connectivity index (χ0) is 19.8. The number of benzene rings is 1. The van der Waals surface area contributed by atoms with E-state index in [4.69, 9.17) is 11.6 Å². The van der Waals surface area contributed by atoms with Gasteiger partial charge in [-0.3, -0.25) is 19.4 Å². The van der Waals surface area contributed by atoms with Crippen molar-refractivity contribution in [3.63, 3.8) is 0 Å². The van der Waals surface area contributed by atoms with Gasteiger partial charge in [-0.2, -0.15) is 4.98 Å². The molecular weight excluding hydrogens is 382 g/mol. The molecule has 1 aromatic heterocycles. The number of anilines is 3. The molecule has 1 saturated heterocycles. The number of H-pyrrole nitrogens is 1. The van der Waals surface area contributed by atoms with Gasteiger partial charge in [0.2, 0.25) is 17.8 Å². The minimum absolute atomic E-state index is 0.119. The lowest BCUT2D eigenvalue weighted by molar-refractivity contribution is -0.123. The first kappa shape index (κ1) is 18.5. The van der Waals surface area contributed by atoms with Gasteiger partial charge in [-0.1, -0.05) is 17.7 Å². The molecule has 1 fully saturated rings. The number of nitrogens with one attached hydrogen (secondary N) is 3. The van der Waals surface area contributed by atoms with Crippen LogP contribution >= 0.6 is 11.6 Å². The number of nitrogens with zero attached hydrogens (tertiary/aromatic N) is 2. The lowest BCUT2D eigenvalue weighted by atomic mass is 9.92. The quantitative estimate of drug-likeness (QED) is 0.732. The van der Waals surface area contributed by atoms with Crippen molar-refractivity contribution >= 4 is 40.9 Å². The van der Waals surface area contributed by atoms with Crippen LogP contribution < -0.4 is 21.1 Å². The van der Waals surface area contributed by atoms with Crippen LogP contribution in [0.5, 0.6) is 0 Å². The molecule has 8 nitrogen and oxygen atoms in total. The van der Waals surface area contributed by atoms with Gasteiger partial charge in [0.25, 0.3) is 5.56 Å². The van der Waals surface area contributed by atoms with E-state index in [1.54, 1.807) is 25.1 Å². The number of carbonyl (C=O) groups is 2. The number of hydrogen-bond acceptors (Lipinski definition) is 5. The van der Waals surface area contributed by atoms with Gasteiger partial charge < -0.3 is 15.5 Å². The highest BCUT2D eigenvalue weighted by molar-refractivity contribution is 6.31. The molecule has 28 heavy (non-hydrogen) atoms. The zero-order valence-corrected chi connectivity index (χ0v) is 16.1. The zero-order valence-electron chi connectivity index (χ0n) is 15.3. The standard InChI is InChI=1S/C19H20ClN5O3/c1-10-12(20)5-4-6-13(10)21-17(27)11-9-14(26)22-16-15(11)18(28)24-19(23-16)25-7-2-3-8-25/h4-6,11H,2-3,7-9H2,1H3,(H,21,27)(H2,22,23,24,26,28). The summed E-state index contributed by atoms with van der Waals surface area (Å²) in [7, 11) is 0. The largest absolute Gasteiger partial charge is 0.342 e. The van der Waals surface area contributed by atoms with Gasteiger partial charge in [-0.05, 0) is 37.5 Å². The van der Waals surface area contributed by atoms with Crippen LogP contribution in [0.3, 0.4) is 0 Å². The third kappa shape index (κ3) is 3.35. The Hall–Kier alpha value is -2.87. The summed E-state index contributed by atoms with van der Waals surface area (Å²) in [6.45, 7) is 3.39. The van der Waals surface area contributed by atoms with Crippen molar-refractivity contribution in [2.75, 3.05) is 28.6 Å². The molecule has 3 heterocycles. The van der Waals surface area contributed by atoms with Gasteiger partial charge in [0.05, 0.1) is 11.5 Å². The summed E-state index contributed by atoms with van der Waals surface area (Å²) in [6, 6.07) is 5.18. The topological polar surface area (TPSA) is 107 Å². The van der Waals surface area contributed by atoms with Gasteiger partial charge in [0.1, 0.15) is 5.82 Å². The first-order valence-corrected chi connectivity index (χ1v) is 9.57. The molecule has 9 heteroatoms. The number of aromatic amines is 1. The second-order valence-corrected chi connectivity index (χ2v) is 7.46. The lowest BCUT2D eigenvalue weighted by Crippen LogP contribution is -2.37. The molecule has 0 bridgehead atoms. The molecule has 3 N–H and O–H groups in total. The summed E-state index contributed by atoms with van der Waals surface area (Å²) in [5.74, 6) is -1.13. The molecule has 2 amide bonds.